The molecular formula is C12H22N4O. The number of nitrogens with two attached hydrogens (primary N) is 1. The number of oxazole rings is 1. The summed E-state index contributed by atoms with van der Waals surface area (Å²) in [4.78, 5) is 8.99. The molecule has 0 radical (unpaired) electrons. The van der Waals surface area contributed by atoms with Crippen LogP contribution in [0.25, 0.3) is 0 Å². The molecule has 1 fully saturated rings. The van der Waals surface area contributed by atoms with Crippen molar-refractivity contribution >= 4 is 6.01 Å². The first kappa shape index (κ1) is 12.4. The number of anilines is 1. The normalized spacial score (nSPS) is 18.5. The molecule has 96 valence electrons. The fourth-order valence-electron chi connectivity index (χ4n) is 2.33. The van der Waals surface area contributed by atoms with Crippen molar-refractivity contribution in [1.29, 1.82) is 0 Å². The van der Waals surface area contributed by atoms with Crippen LogP contribution in [0.5, 0.6) is 0 Å². The van der Waals surface area contributed by atoms with Crippen LogP contribution in [0.4, 0.5) is 6.01 Å². The van der Waals surface area contributed by atoms with Gasteiger partial charge in [-0.05, 0) is 19.4 Å². The summed E-state index contributed by atoms with van der Waals surface area (Å²) >= 11 is 0. The van der Waals surface area contributed by atoms with E-state index in [1.54, 1.807) is 6.26 Å². The van der Waals surface area contributed by atoms with Gasteiger partial charge in [-0.1, -0.05) is 6.92 Å². The average Bonchev–Trinajstić information content (AvgIpc) is 2.87. The van der Waals surface area contributed by atoms with Crippen molar-refractivity contribution < 1.29 is 4.42 Å². The maximum absolute atomic E-state index is 5.53. The molecule has 2 N–H and O–H groups in total. The molecule has 0 aromatic carbocycles. The van der Waals surface area contributed by atoms with E-state index in [0.29, 0.717) is 18.6 Å². The molecule has 0 bridgehead atoms. The second kappa shape index (κ2) is 5.51. The molecular weight excluding hydrogens is 216 g/mol. The summed E-state index contributed by atoms with van der Waals surface area (Å²) in [6.07, 6.45) is 3.99. The van der Waals surface area contributed by atoms with E-state index in [1.807, 2.05) is 0 Å². The van der Waals surface area contributed by atoms with Crippen molar-refractivity contribution in [2.45, 2.75) is 32.4 Å². The highest BCUT2D eigenvalue weighted by Crippen LogP contribution is 2.21. The molecule has 0 saturated carbocycles. The Morgan fingerprint density at radius 1 is 1.53 bits per heavy atom. The lowest BCUT2D eigenvalue weighted by atomic mass is 10.0. The molecule has 2 rings (SSSR count). The van der Waals surface area contributed by atoms with Gasteiger partial charge in [-0.15, -0.1) is 0 Å². The molecule has 0 aliphatic carbocycles. The molecule has 5 nitrogen and oxygen atoms in total. The van der Waals surface area contributed by atoms with Gasteiger partial charge in [0.1, 0.15) is 6.26 Å². The first-order valence-electron chi connectivity index (χ1n) is 6.34. The lowest BCUT2D eigenvalue weighted by Crippen LogP contribution is -2.43. The van der Waals surface area contributed by atoms with Gasteiger partial charge in [-0.2, -0.15) is 4.98 Å². The van der Waals surface area contributed by atoms with E-state index >= 15 is 0 Å². The average molecular weight is 238 g/mol. The summed E-state index contributed by atoms with van der Waals surface area (Å²) < 4.78 is 5.44. The van der Waals surface area contributed by atoms with Crippen molar-refractivity contribution in [1.82, 2.24) is 9.88 Å². The number of nitrogens with zero attached hydrogens (tertiary/aromatic N) is 3. The molecule has 0 unspecified atom stereocenters. The molecule has 0 atom stereocenters. The Balaban J connectivity index is 1.94. The SMILES string of the molecule is CCN1CCC(N(C)c2nc(CN)co2)CC1. The molecule has 5 heteroatoms. The minimum Gasteiger partial charge on any atom is -0.432 e. The maximum atomic E-state index is 5.53. The summed E-state index contributed by atoms with van der Waals surface area (Å²) in [5.41, 5.74) is 6.35. The van der Waals surface area contributed by atoms with Crippen molar-refractivity contribution in [3.8, 4) is 0 Å². The molecule has 17 heavy (non-hydrogen) atoms. The number of hydrogen-bond donors (Lipinski definition) is 1. The summed E-state index contributed by atoms with van der Waals surface area (Å²) in [6.45, 7) is 6.12. The van der Waals surface area contributed by atoms with Crippen LogP contribution >= 0.6 is 0 Å². The first-order chi connectivity index (χ1) is 8.24. The van der Waals surface area contributed by atoms with Gasteiger partial charge in [0.05, 0.1) is 5.69 Å². The van der Waals surface area contributed by atoms with E-state index in [1.165, 1.54) is 12.8 Å². The maximum Gasteiger partial charge on any atom is 0.297 e. The number of likely N-dealkylation sites (tertiary alicyclic amines) is 1. The Hall–Kier alpha value is -1.07. The molecule has 0 amide bonds. The Labute approximate surface area is 103 Å². The minimum atomic E-state index is 0.436. The fraction of sp³-hybridized carbons (Fsp3) is 0.750. The van der Waals surface area contributed by atoms with Gasteiger partial charge >= 0.3 is 0 Å². The zero-order valence-corrected chi connectivity index (χ0v) is 10.7. The number of rotatable bonds is 4. The summed E-state index contributed by atoms with van der Waals surface area (Å²) in [5.74, 6) is 0. The number of piperidine rings is 1. The van der Waals surface area contributed by atoms with Crippen molar-refractivity contribution in [2.24, 2.45) is 5.73 Å². The van der Waals surface area contributed by atoms with E-state index in [0.717, 1.165) is 25.3 Å². The van der Waals surface area contributed by atoms with E-state index in [2.05, 4.69) is 28.8 Å². The monoisotopic (exact) mass is 238 g/mol. The van der Waals surface area contributed by atoms with E-state index in [4.69, 9.17) is 10.2 Å². The third-order valence-electron chi connectivity index (χ3n) is 3.60. The Morgan fingerprint density at radius 2 is 2.24 bits per heavy atom. The standard InChI is InChI=1S/C12H22N4O/c1-3-16-6-4-11(5-7-16)15(2)12-14-10(8-13)9-17-12/h9,11H,3-8,13H2,1-2H3. The zero-order valence-electron chi connectivity index (χ0n) is 10.7. The molecule has 1 aromatic heterocycles. The topological polar surface area (TPSA) is 58.5 Å². The highest BCUT2D eigenvalue weighted by Gasteiger charge is 2.24. The van der Waals surface area contributed by atoms with Gasteiger partial charge in [0.25, 0.3) is 6.01 Å². The third kappa shape index (κ3) is 2.79. The lowest BCUT2D eigenvalue weighted by molar-refractivity contribution is 0.218. The Kier molecular flexibility index (Phi) is 4.02. The molecule has 1 aliphatic heterocycles. The van der Waals surface area contributed by atoms with Crippen LogP contribution in [0.2, 0.25) is 0 Å². The van der Waals surface area contributed by atoms with Crippen LogP contribution in [-0.2, 0) is 6.54 Å². The van der Waals surface area contributed by atoms with Crippen LogP contribution < -0.4 is 10.6 Å². The first-order valence-corrected chi connectivity index (χ1v) is 6.34. The van der Waals surface area contributed by atoms with Crippen LogP contribution in [0, 0.1) is 0 Å². The third-order valence-corrected chi connectivity index (χ3v) is 3.60. The summed E-state index contributed by atoms with van der Waals surface area (Å²) in [7, 11) is 2.05. The minimum absolute atomic E-state index is 0.436. The van der Waals surface area contributed by atoms with Crippen LogP contribution in [0.1, 0.15) is 25.5 Å². The second-order valence-corrected chi connectivity index (χ2v) is 4.60. The van der Waals surface area contributed by atoms with Crippen molar-refractivity contribution in [2.75, 3.05) is 31.6 Å². The van der Waals surface area contributed by atoms with E-state index < -0.39 is 0 Å². The smallest absolute Gasteiger partial charge is 0.297 e. The zero-order chi connectivity index (χ0) is 12.3. The highest BCUT2D eigenvalue weighted by molar-refractivity contribution is 5.27. The van der Waals surface area contributed by atoms with Gasteiger partial charge in [-0.25, -0.2) is 0 Å². The quantitative estimate of drug-likeness (QED) is 0.849. The van der Waals surface area contributed by atoms with Crippen molar-refractivity contribution in [3.05, 3.63) is 12.0 Å². The summed E-state index contributed by atoms with van der Waals surface area (Å²) in [6, 6.07) is 1.22. The van der Waals surface area contributed by atoms with E-state index in [9.17, 15) is 0 Å². The molecule has 0 spiro atoms. The molecule has 2 heterocycles. The molecule has 1 aromatic rings. The number of hydrogen-bond acceptors (Lipinski definition) is 5. The molecule has 1 saturated heterocycles. The van der Waals surface area contributed by atoms with Gasteiger partial charge in [-0.3, -0.25) is 0 Å². The van der Waals surface area contributed by atoms with Crippen LogP contribution in [0.15, 0.2) is 10.7 Å². The largest absolute Gasteiger partial charge is 0.432 e. The number of aromatic nitrogens is 1. The Bertz CT molecular complexity index is 344. The predicted octanol–water partition coefficient (Wildman–Crippen LogP) is 1.05. The summed E-state index contributed by atoms with van der Waals surface area (Å²) in [5, 5.41) is 0. The van der Waals surface area contributed by atoms with Crippen LogP contribution in [-0.4, -0.2) is 42.6 Å². The van der Waals surface area contributed by atoms with E-state index in [-0.39, 0.29) is 0 Å². The second-order valence-electron chi connectivity index (χ2n) is 4.60. The van der Waals surface area contributed by atoms with Gasteiger partial charge in [0, 0.05) is 32.7 Å². The highest BCUT2D eigenvalue weighted by atomic mass is 16.4. The van der Waals surface area contributed by atoms with Crippen molar-refractivity contribution in [3.63, 3.8) is 0 Å². The van der Waals surface area contributed by atoms with Gasteiger partial charge in [0.15, 0.2) is 0 Å². The Morgan fingerprint density at radius 3 is 2.76 bits per heavy atom. The predicted molar refractivity (Wildman–Crippen MR) is 67.9 cm³/mol. The fourth-order valence-corrected chi connectivity index (χ4v) is 2.33. The van der Waals surface area contributed by atoms with Gasteiger partial charge < -0.3 is 20.0 Å². The molecule has 1 aliphatic rings. The lowest BCUT2D eigenvalue weighted by Gasteiger charge is -2.35. The van der Waals surface area contributed by atoms with Crippen LogP contribution in [0.3, 0.4) is 0 Å². The van der Waals surface area contributed by atoms with Gasteiger partial charge in [0.2, 0.25) is 0 Å².